The summed E-state index contributed by atoms with van der Waals surface area (Å²) < 4.78 is 5.90. The fraction of sp³-hybridized carbons (Fsp3) is 0.350. The van der Waals surface area contributed by atoms with Crippen LogP contribution in [0.15, 0.2) is 36.4 Å². The summed E-state index contributed by atoms with van der Waals surface area (Å²) in [7, 11) is 2.13. The molecule has 1 aliphatic rings. The summed E-state index contributed by atoms with van der Waals surface area (Å²) in [5, 5.41) is 11.1. The van der Waals surface area contributed by atoms with Gasteiger partial charge < -0.3 is 19.9 Å². The quantitative estimate of drug-likeness (QED) is 0.641. The van der Waals surface area contributed by atoms with Gasteiger partial charge in [0.15, 0.2) is 5.82 Å². The van der Waals surface area contributed by atoms with Crippen molar-refractivity contribution in [3.05, 3.63) is 52.7 Å². The van der Waals surface area contributed by atoms with Gasteiger partial charge in [-0.25, -0.2) is 0 Å². The van der Waals surface area contributed by atoms with E-state index in [-0.39, 0.29) is 0 Å². The summed E-state index contributed by atoms with van der Waals surface area (Å²) >= 11 is 6.07. The lowest BCUT2D eigenvalue weighted by atomic mass is 10.2. The standard InChI is InChI=1S/C20H24ClN7O/c1-14-10-18(26-25-14)22-17-12-19(28-8-6-27(2)7-9-28)24-20(23-17)29-13-15-4-3-5-16(21)11-15/h3-5,10-12H,6-9,13H2,1-2H3,(H2,22,23,24,25,26). The summed E-state index contributed by atoms with van der Waals surface area (Å²) in [6.45, 7) is 6.08. The van der Waals surface area contributed by atoms with Crippen molar-refractivity contribution in [2.45, 2.75) is 13.5 Å². The molecule has 3 heterocycles. The molecule has 29 heavy (non-hydrogen) atoms. The second-order valence-corrected chi connectivity index (χ2v) is 7.60. The number of anilines is 3. The van der Waals surface area contributed by atoms with Crippen LogP contribution in [0.3, 0.4) is 0 Å². The molecular formula is C20H24ClN7O. The Morgan fingerprint density at radius 3 is 2.66 bits per heavy atom. The highest BCUT2D eigenvalue weighted by atomic mass is 35.5. The van der Waals surface area contributed by atoms with E-state index in [2.05, 4.69) is 42.3 Å². The van der Waals surface area contributed by atoms with E-state index in [0.29, 0.717) is 29.3 Å². The smallest absolute Gasteiger partial charge is 0.320 e. The largest absolute Gasteiger partial charge is 0.458 e. The van der Waals surface area contributed by atoms with Crippen LogP contribution in [-0.2, 0) is 6.61 Å². The minimum absolute atomic E-state index is 0.316. The third kappa shape index (κ3) is 5.16. The Morgan fingerprint density at radius 1 is 1.10 bits per heavy atom. The first-order chi connectivity index (χ1) is 14.0. The molecule has 8 nitrogen and oxygen atoms in total. The molecule has 0 aliphatic carbocycles. The maximum absolute atomic E-state index is 6.07. The van der Waals surface area contributed by atoms with Gasteiger partial charge in [0.1, 0.15) is 18.2 Å². The van der Waals surface area contributed by atoms with E-state index in [1.807, 2.05) is 43.3 Å². The van der Waals surface area contributed by atoms with Crippen LogP contribution < -0.4 is 15.0 Å². The van der Waals surface area contributed by atoms with E-state index in [1.165, 1.54) is 0 Å². The maximum Gasteiger partial charge on any atom is 0.320 e. The Bertz CT molecular complexity index is 969. The van der Waals surface area contributed by atoms with Crippen LogP contribution in [-0.4, -0.2) is 58.3 Å². The minimum atomic E-state index is 0.316. The summed E-state index contributed by atoms with van der Waals surface area (Å²) in [6.07, 6.45) is 0. The van der Waals surface area contributed by atoms with E-state index in [9.17, 15) is 0 Å². The molecule has 0 radical (unpaired) electrons. The zero-order valence-electron chi connectivity index (χ0n) is 16.5. The highest BCUT2D eigenvalue weighted by Crippen LogP contribution is 2.23. The number of nitrogens with one attached hydrogen (secondary N) is 2. The summed E-state index contributed by atoms with van der Waals surface area (Å²) in [4.78, 5) is 13.7. The lowest BCUT2D eigenvalue weighted by molar-refractivity contribution is 0.280. The predicted molar refractivity (Wildman–Crippen MR) is 114 cm³/mol. The molecule has 0 bridgehead atoms. The third-order valence-corrected chi connectivity index (χ3v) is 4.97. The van der Waals surface area contributed by atoms with Crippen molar-refractivity contribution in [3.8, 4) is 6.01 Å². The average Bonchev–Trinajstić information content (AvgIpc) is 3.11. The normalized spacial score (nSPS) is 14.8. The average molecular weight is 414 g/mol. The number of piperazine rings is 1. The first-order valence-electron chi connectivity index (χ1n) is 9.54. The Kier molecular flexibility index (Phi) is 5.82. The number of nitrogens with zero attached hydrogens (tertiary/aromatic N) is 5. The van der Waals surface area contributed by atoms with Gasteiger partial charge in [-0.2, -0.15) is 15.1 Å². The molecule has 1 saturated heterocycles. The fourth-order valence-corrected chi connectivity index (χ4v) is 3.34. The molecule has 2 N–H and O–H groups in total. The van der Waals surface area contributed by atoms with E-state index in [4.69, 9.17) is 16.3 Å². The van der Waals surface area contributed by atoms with Crippen molar-refractivity contribution in [2.24, 2.45) is 0 Å². The molecule has 3 aromatic rings. The number of likely N-dealkylation sites (N-methyl/N-ethyl adjacent to an activating group) is 1. The molecule has 2 aromatic heterocycles. The molecule has 0 saturated carbocycles. The number of hydrogen-bond acceptors (Lipinski definition) is 7. The van der Waals surface area contributed by atoms with Crippen LogP contribution in [0.4, 0.5) is 17.5 Å². The summed E-state index contributed by atoms with van der Waals surface area (Å²) in [5.41, 5.74) is 1.93. The highest BCUT2D eigenvalue weighted by molar-refractivity contribution is 6.30. The number of rotatable bonds is 6. The lowest BCUT2D eigenvalue weighted by Gasteiger charge is -2.33. The molecule has 0 unspecified atom stereocenters. The summed E-state index contributed by atoms with van der Waals surface area (Å²) in [5.74, 6) is 2.18. The predicted octanol–water partition coefficient (Wildman–Crippen LogP) is 3.24. The van der Waals surface area contributed by atoms with Crippen molar-refractivity contribution >= 4 is 29.1 Å². The third-order valence-electron chi connectivity index (χ3n) is 4.74. The van der Waals surface area contributed by atoms with Gasteiger partial charge in [-0.15, -0.1) is 0 Å². The maximum atomic E-state index is 6.07. The van der Waals surface area contributed by atoms with E-state index in [1.54, 1.807) is 0 Å². The first-order valence-corrected chi connectivity index (χ1v) is 9.92. The van der Waals surface area contributed by atoms with Crippen molar-refractivity contribution in [3.63, 3.8) is 0 Å². The second kappa shape index (κ2) is 8.67. The van der Waals surface area contributed by atoms with Gasteiger partial charge in [0.25, 0.3) is 0 Å². The Balaban J connectivity index is 1.56. The van der Waals surface area contributed by atoms with Gasteiger partial charge in [0.2, 0.25) is 0 Å². The van der Waals surface area contributed by atoms with Crippen molar-refractivity contribution in [1.29, 1.82) is 0 Å². The fourth-order valence-electron chi connectivity index (χ4n) is 3.13. The van der Waals surface area contributed by atoms with E-state index in [0.717, 1.165) is 43.3 Å². The van der Waals surface area contributed by atoms with Crippen molar-refractivity contribution < 1.29 is 4.74 Å². The molecule has 1 aliphatic heterocycles. The van der Waals surface area contributed by atoms with E-state index >= 15 is 0 Å². The van der Waals surface area contributed by atoms with Gasteiger partial charge in [0.05, 0.1) is 0 Å². The Hall–Kier alpha value is -2.84. The van der Waals surface area contributed by atoms with Crippen LogP contribution >= 0.6 is 11.6 Å². The number of ether oxygens (including phenoxy) is 1. The molecule has 4 rings (SSSR count). The Labute approximate surface area is 174 Å². The molecule has 0 atom stereocenters. The van der Waals surface area contributed by atoms with Gasteiger partial charge in [-0.3, -0.25) is 5.10 Å². The zero-order valence-corrected chi connectivity index (χ0v) is 17.3. The minimum Gasteiger partial charge on any atom is -0.458 e. The molecule has 1 aromatic carbocycles. The monoisotopic (exact) mass is 413 g/mol. The van der Waals surface area contributed by atoms with E-state index < -0.39 is 0 Å². The molecule has 0 spiro atoms. The number of hydrogen-bond donors (Lipinski definition) is 2. The zero-order chi connectivity index (χ0) is 20.2. The number of halogens is 1. The first kappa shape index (κ1) is 19.5. The van der Waals surface area contributed by atoms with Gasteiger partial charge in [-0.05, 0) is 31.7 Å². The molecular weight excluding hydrogens is 390 g/mol. The van der Waals surface area contributed by atoms with Crippen LogP contribution in [0.25, 0.3) is 0 Å². The number of benzene rings is 1. The van der Waals surface area contributed by atoms with Crippen molar-refractivity contribution in [2.75, 3.05) is 43.4 Å². The summed E-state index contributed by atoms with van der Waals surface area (Å²) in [6, 6.07) is 11.7. The lowest BCUT2D eigenvalue weighted by Crippen LogP contribution is -2.44. The number of H-pyrrole nitrogens is 1. The molecule has 1 fully saturated rings. The van der Waals surface area contributed by atoms with Crippen LogP contribution in [0.5, 0.6) is 6.01 Å². The topological polar surface area (TPSA) is 82.2 Å². The number of aromatic nitrogens is 4. The number of aromatic amines is 1. The molecule has 9 heteroatoms. The Morgan fingerprint density at radius 2 is 1.93 bits per heavy atom. The number of aryl methyl sites for hydroxylation is 1. The van der Waals surface area contributed by atoms with Crippen LogP contribution in [0.1, 0.15) is 11.3 Å². The molecule has 0 amide bonds. The SMILES string of the molecule is Cc1cc(Nc2cc(N3CCN(C)CC3)nc(OCc3cccc(Cl)c3)n2)n[nH]1. The second-order valence-electron chi connectivity index (χ2n) is 7.16. The van der Waals surface area contributed by atoms with Crippen LogP contribution in [0, 0.1) is 6.92 Å². The molecule has 152 valence electrons. The van der Waals surface area contributed by atoms with Crippen LogP contribution in [0.2, 0.25) is 5.02 Å². The van der Waals surface area contributed by atoms with Gasteiger partial charge in [0, 0.05) is 49.0 Å². The van der Waals surface area contributed by atoms with Gasteiger partial charge >= 0.3 is 6.01 Å². The highest BCUT2D eigenvalue weighted by Gasteiger charge is 2.18. The van der Waals surface area contributed by atoms with Gasteiger partial charge in [-0.1, -0.05) is 23.7 Å². The van der Waals surface area contributed by atoms with Crippen molar-refractivity contribution in [1.82, 2.24) is 25.1 Å².